The Labute approximate surface area is 156 Å². The maximum Gasteiger partial charge on any atom is 0.263 e. The molecule has 0 amide bonds. The molecule has 5 rings (SSSR count). The van der Waals surface area contributed by atoms with E-state index in [1.807, 2.05) is 48.7 Å². The molecule has 1 aromatic carbocycles. The number of furan rings is 3. The number of rotatable bonds is 5. The fourth-order valence-corrected chi connectivity index (χ4v) is 7.20. The van der Waals surface area contributed by atoms with Crippen molar-refractivity contribution in [1.82, 2.24) is 4.98 Å². The van der Waals surface area contributed by atoms with Crippen molar-refractivity contribution in [1.29, 1.82) is 0 Å². The first-order valence-corrected chi connectivity index (χ1v) is 10.7. The van der Waals surface area contributed by atoms with Gasteiger partial charge in [-0.05, 0) is 24.3 Å². The third-order valence-corrected chi connectivity index (χ3v) is 8.61. The average Bonchev–Trinajstić information content (AvgIpc) is 3.50. The lowest BCUT2D eigenvalue weighted by Gasteiger charge is -2.19. The lowest BCUT2D eigenvalue weighted by atomic mass is 10.1. The minimum absolute atomic E-state index is 0.704. The third kappa shape index (κ3) is 2.61. The molecule has 0 aliphatic heterocycles. The van der Waals surface area contributed by atoms with E-state index in [4.69, 9.17) is 13.3 Å². The van der Waals surface area contributed by atoms with Crippen molar-refractivity contribution in [3.8, 4) is 0 Å². The molecule has 4 heterocycles. The number of hydrogen-bond acceptors (Lipinski definition) is 4. The van der Waals surface area contributed by atoms with Crippen LogP contribution in [0.25, 0.3) is 10.9 Å². The molecular weight excluding hydrogens is 357 g/mol. The van der Waals surface area contributed by atoms with Gasteiger partial charge in [0, 0.05) is 35.3 Å². The van der Waals surface area contributed by atoms with E-state index in [1.54, 1.807) is 18.8 Å². The summed E-state index contributed by atoms with van der Waals surface area (Å²) in [4.78, 5) is 4.64. The summed E-state index contributed by atoms with van der Waals surface area (Å²) >= 11 is 0. The lowest BCUT2D eigenvalue weighted by molar-refractivity contribution is 0.580. The quantitative estimate of drug-likeness (QED) is 0.425. The normalized spacial score (nSPS) is 11.9. The summed E-state index contributed by atoms with van der Waals surface area (Å²) in [6.07, 6.45) is 7.65. The molecule has 0 saturated carbocycles. The molecule has 5 heteroatoms. The smallest absolute Gasteiger partial charge is 0.263 e. The summed E-state index contributed by atoms with van der Waals surface area (Å²) in [6, 6.07) is 22.1. The Bertz CT molecular complexity index is 1060. The van der Waals surface area contributed by atoms with Crippen LogP contribution in [0.3, 0.4) is 0 Å². The molecule has 4 nitrogen and oxygen atoms in total. The van der Waals surface area contributed by atoms with E-state index in [-0.39, 0.29) is 0 Å². The minimum atomic E-state index is -2.28. The van der Waals surface area contributed by atoms with E-state index < -0.39 is 7.26 Å². The molecule has 132 valence electrons. The van der Waals surface area contributed by atoms with Crippen molar-refractivity contribution in [2.45, 2.75) is 6.16 Å². The topological polar surface area (TPSA) is 52.3 Å². The van der Waals surface area contributed by atoms with Gasteiger partial charge in [-0.15, -0.1) is 0 Å². The predicted molar refractivity (Wildman–Crippen MR) is 107 cm³/mol. The van der Waals surface area contributed by atoms with Crippen LogP contribution in [0.2, 0.25) is 0 Å². The number of fused-ring (bicyclic) bond motifs is 1. The Hall–Kier alpha value is -3.10. The standard InChI is InChI=1S/C22H17NO3P/c1-6-17-8-2-12-23-22(17)18(7-1)16-27(19-9-3-13-24-19,20-10-4-14-25-20)21-11-5-15-26-21/h1-15H,16H2/q+1. The molecule has 0 bridgehead atoms. The van der Waals surface area contributed by atoms with Gasteiger partial charge in [0.05, 0.1) is 24.3 Å². The molecular formula is C22H17NO3P+. The van der Waals surface area contributed by atoms with Crippen LogP contribution in [0.1, 0.15) is 5.56 Å². The highest BCUT2D eigenvalue weighted by Gasteiger charge is 2.54. The maximum atomic E-state index is 5.94. The Kier molecular flexibility index (Phi) is 3.92. The summed E-state index contributed by atoms with van der Waals surface area (Å²) in [7, 11) is -2.28. The molecule has 0 aliphatic carbocycles. The van der Waals surface area contributed by atoms with E-state index in [1.165, 1.54) is 0 Å². The highest BCUT2D eigenvalue weighted by Crippen LogP contribution is 2.58. The number of nitrogens with zero attached hydrogens (tertiary/aromatic N) is 1. The van der Waals surface area contributed by atoms with Crippen molar-refractivity contribution in [2.24, 2.45) is 0 Å². The van der Waals surface area contributed by atoms with Gasteiger partial charge in [-0.1, -0.05) is 24.3 Å². The Morgan fingerprint density at radius 3 is 1.81 bits per heavy atom. The molecule has 5 aromatic rings. The fourth-order valence-electron chi connectivity index (χ4n) is 3.57. The number of para-hydroxylation sites is 1. The monoisotopic (exact) mass is 374 g/mol. The highest BCUT2D eigenvalue weighted by atomic mass is 31.2. The molecule has 0 saturated heterocycles. The number of pyridine rings is 1. The summed E-state index contributed by atoms with van der Waals surface area (Å²) in [6.45, 7) is 0. The largest absolute Gasteiger partial charge is 0.434 e. The van der Waals surface area contributed by atoms with Gasteiger partial charge >= 0.3 is 0 Å². The van der Waals surface area contributed by atoms with Crippen LogP contribution in [0, 0.1) is 0 Å². The van der Waals surface area contributed by atoms with Crippen molar-refractivity contribution in [3.63, 3.8) is 0 Å². The van der Waals surface area contributed by atoms with Crippen molar-refractivity contribution in [2.75, 3.05) is 0 Å². The molecule has 0 spiro atoms. The summed E-state index contributed by atoms with van der Waals surface area (Å²) in [5.74, 6) is 0. The van der Waals surface area contributed by atoms with Crippen molar-refractivity contribution >= 4 is 34.7 Å². The van der Waals surface area contributed by atoms with Gasteiger partial charge in [-0.2, -0.15) is 0 Å². The number of hydrogen-bond donors (Lipinski definition) is 0. The Morgan fingerprint density at radius 2 is 1.26 bits per heavy atom. The molecule has 0 fully saturated rings. The van der Waals surface area contributed by atoms with Crippen molar-refractivity contribution in [3.05, 3.63) is 97.3 Å². The molecule has 0 aliphatic rings. The zero-order chi connectivity index (χ0) is 18.1. The Morgan fingerprint density at radius 1 is 0.667 bits per heavy atom. The second-order valence-electron chi connectivity index (χ2n) is 6.31. The van der Waals surface area contributed by atoms with Crippen LogP contribution < -0.4 is 16.5 Å². The molecule has 27 heavy (non-hydrogen) atoms. The van der Waals surface area contributed by atoms with Gasteiger partial charge in [0.2, 0.25) is 7.26 Å². The first-order chi connectivity index (χ1) is 13.4. The molecule has 0 N–H and O–H groups in total. The van der Waals surface area contributed by atoms with E-state index >= 15 is 0 Å². The van der Waals surface area contributed by atoms with E-state index in [0.29, 0.717) is 6.16 Å². The van der Waals surface area contributed by atoms with Gasteiger partial charge < -0.3 is 13.3 Å². The van der Waals surface area contributed by atoms with Crippen LogP contribution in [0.5, 0.6) is 0 Å². The van der Waals surface area contributed by atoms with Crippen LogP contribution in [0.15, 0.2) is 105 Å². The molecule has 0 radical (unpaired) electrons. The summed E-state index contributed by atoms with van der Waals surface area (Å²) < 4.78 is 17.8. The predicted octanol–water partition coefficient (Wildman–Crippen LogP) is 4.51. The molecule has 4 aromatic heterocycles. The summed E-state index contributed by atoms with van der Waals surface area (Å²) in [5, 5.41) is 1.12. The Balaban J connectivity index is 1.78. The van der Waals surface area contributed by atoms with Gasteiger partial charge in [0.25, 0.3) is 16.5 Å². The third-order valence-electron chi connectivity index (χ3n) is 4.77. The van der Waals surface area contributed by atoms with Gasteiger partial charge in [-0.25, -0.2) is 0 Å². The van der Waals surface area contributed by atoms with Crippen LogP contribution >= 0.6 is 7.26 Å². The first-order valence-electron chi connectivity index (χ1n) is 8.71. The second-order valence-corrected chi connectivity index (χ2v) is 9.57. The van der Waals surface area contributed by atoms with E-state index in [2.05, 4.69) is 29.2 Å². The minimum Gasteiger partial charge on any atom is -0.434 e. The lowest BCUT2D eigenvalue weighted by Crippen LogP contribution is -2.30. The van der Waals surface area contributed by atoms with Gasteiger partial charge in [-0.3, -0.25) is 4.98 Å². The molecule has 0 atom stereocenters. The molecule has 0 unspecified atom stereocenters. The SMILES string of the molecule is c1coc([P+](Cc2cccc3cccnc23)(c2ccco2)c2ccco2)c1. The van der Waals surface area contributed by atoms with Crippen molar-refractivity contribution < 1.29 is 13.3 Å². The van der Waals surface area contributed by atoms with Crippen LogP contribution in [-0.2, 0) is 6.16 Å². The number of aromatic nitrogens is 1. The van der Waals surface area contributed by atoms with Gasteiger partial charge in [0.15, 0.2) is 0 Å². The van der Waals surface area contributed by atoms with Crippen LogP contribution in [0.4, 0.5) is 0 Å². The van der Waals surface area contributed by atoms with E-state index in [0.717, 1.165) is 33.0 Å². The number of benzene rings is 1. The van der Waals surface area contributed by atoms with E-state index in [9.17, 15) is 0 Å². The average molecular weight is 374 g/mol. The van der Waals surface area contributed by atoms with Gasteiger partial charge in [0.1, 0.15) is 6.16 Å². The fraction of sp³-hybridized carbons (Fsp3) is 0.0455. The zero-order valence-corrected chi connectivity index (χ0v) is 15.4. The first kappa shape index (κ1) is 16.1. The summed E-state index contributed by atoms with van der Waals surface area (Å²) in [5.41, 5.74) is 4.76. The maximum absolute atomic E-state index is 5.94. The second kappa shape index (κ2) is 6.57. The zero-order valence-electron chi connectivity index (χ0n) is 14.5. The highest BCUT2D eigenvalue weighted by molar-refractivity contribution is 7.94. The van der Waals surface area contributed by atoms with Crippen LogP contribution in [-0.4, -0.2) is 4.98 Å².